The predicted octanol–water partition coefficient (Wildman–Crippen LogP) is -0.199. The quantitative estimate of drug-likeness (QED) is 0.464. The van der Waals surface area contributed by atoms with E-state index in [1.807, 2.05) is 5.32 Å². The minimum atomic E-state index is -1.16. The van der Waals surface area contributed by atoms with Gasteiger partial charge in [-0.3, -0.25) is 0 Å². The first-order valence-electron chi connectivity index (χ1n) is 2.43. The number of hydrogen-bond acceptors (Lipinski definition) is 2. The highest BCUT2D eigenvalue weighted by Gasteiger charge is 2.02. The van der Waals surface area contributed by atoms with Crippen LogP contribution in [0.25, 0.3) is 0 Å². The molecule has 1 amide bonds. The second-order valence-electron chi connectivity index (χ2n) is 1.47. The van der Waals surface area contributed by atoms with Crippen LogP contribution < -0.4 is 5.32 Å². The van der Waals surface area contributed by atoms with Gasteiger partial charge in [-0.1, -0.05) is 6.08 Å². The lowest BCUT2D eigenvalue weighted by Crippen LogP contribution is -2.34. The summed E-state index contributed by atoms with van der Waals surface area (Å²) < 4.78 is 0. The molecule has 4 heteroatoms. The molecular formula is C5H9NO3. The molecule has 0 saturated carbocycles. The van der Waals surface area contributed by atoms with Crippen LogP contribution in [0.5, 0.6) is 0 Å². The minimum absolute atomic E-state index is 0.254. The SMILES string of the molecule is C=C[C@H](CO)NC(=O)O. The van der Waals surface area contributed by atoms with Gasteiger partial charge in [0.1, 0.15) is 0 Å². The van der Waals surface area contributed by atoms with Crippen LogP contribution >= 0.6 is 0 Å². The number of aliphatic hydroxyl groups is 1. The molecule has 0 aliphatic heterocycles. The summed E-state index contributed by atoms with van der Waals surface area (Å²) in [4.78, 5) is 9.86. The molecule has 4 nitrogen and oxygen atoms in total. The van der Waals surface area contributed by atoms with Gasteiger partial charge < -0.3 is 15.5 Å². The first kappa shape index (κ1) is 7.97. The van der Waals surface area contributed by atoms with E-state index in [0.29, 0.717) is 0 Å². The summed E-state index contributed by atoms with van der Waals surface area (Å²) in [5.41, 5.74) is 0. The van der Waals surface area contributed by atoms with Gasteiger partial charge in [0.05, 0.1) is 12.6 Å². The third-order valence-corrected chi connectivity index (χ3v) is 0.790. The summed E-state index contributed by atoms with van der Waals surface area (Å²) in [5.74, 6) is 0. The maximum absolute atomic E-state index is 9.86. The molecule has 0 aromatic heterocycles. The maximum atomic E-state index is 9.86. The van der Waals surface area contributed by atoms with E-state index in [0.717, 1.165) is 0 Å². The van der Waals surface area contributed by atoms with E-state index in [9.17, 15) is 4.79 Å². The van der Waals surface area contributed by atoms with E-state index in [-0.39, 0.29) is 6.61 Å². The van der Waals surface area contributed by atoms with Crippen LogP contribution in [0.15, 0.2) is 12.7 Å². The fourth-order valence-corrected chi connectivity index (χ4v) is 0.338. The Bertz CT molecular complexity index is 113. The summed E-state index contributed by atoms with van der Waals surface area (Å²) in [6.45, 7) is 3.04. The van der Waals surface area contributed by atoms with E-state index in [2.05, 4.69) is 6.58 Å². The fraction of sp³-hybridized carbons (Fsp3) is 0.400. The van der Waals surface area contributed by atoms with Gasteiger partial charge in [-0.05, 0) is 0 Å². The van der Waals surface area contributed by atoms with Gasteiger partial charge in [-0.15, -0.1) is 6.58 Å². The number of carbonyl (C=O) groups is 1. The van der Waals surface area contributed by atoms with Crippen molar-refractivity contribution in [1.29, 1.82) is 0 Å². The molecule has 0 aliphatic carbocycles. The molecule has 0 unspecified atom stereocenters. The summed E-state index contributed by atoms with van der Waals surface area (Å²) in [5, 5.41) is 18.5. The van der Waals surface area contributed by atoms with E-state index in [4.69, 9.17) is 10.2 Å². The third-order valence-electron chi connectivity index (χ3n) is 0.790. The van der Waals surface area contributed by atoms with Crippen molar-refractivity contribution in [3.05, 3.63) is 12.7 Å². The van der Waals surface area contributed by atoms with E-state index in [1.165, 1.54) is 6.08 Å². The number of carboxylic acid groups (broad SMARTS) is 1. The molecule has 52 valence electrons. The molecule has 0 aromatic carbocycles. The molecular weight excluding hydrogens is 122 g/mol. The number of amides is 1. The molecule has 9 heavy (non-hydrogen) atoms. The van der Waals surface area contributed by atoms with Gasteiger partial charge in [0.2, 0.25) is 0 Å². The van der Waals surface area contributed by atoms with Crippen molar-refractivity contribution in [2.45, 2.75) is 6.04 Å². The molecule has 0 spiro atoms. The summed E-state index contributed by atoms with van der Waals surface area (Å²) in [7, 11) is 0. The molecule has 0 radical (unpaired) electrons. The Morgan fingerprint density at radius 2 is 2.44 bits per heavy atom. The summed E-state index contributed by atoms with van der Waals surface area (Å²) >= 11 is 0. The molecule has 0 rings (SSSR count). The number of hydrogen-bond donors (Lipinski definition) is 3. The average Bonchev–Trinajstić information content (AvgIpc) is 1.82. The molecule has 1 atom stereocenters. The monoisotopic (exact) mass is 131 g/mol. The third kappa shape index (κ3) is 3.54. The zero-order valence-electron chi connectivity index (χ0n) is 4.87. The van der Waals surface area contributed by atoms with Gasteiger partial charge in [-0.2, -0.15) is 0 Å². The van der Waals surface area contributed by atoms with Crippen molar-refractivity contribution in [3.63, 3.8) is 0 Å². The van der Waals surface area contributed by atoms with Crippen LogP contribution in [0.3, 0.4) is 0 Å². The topological polar surface area (TPSA) is 69.6 Å². The van der Waals surface area contributed by atoms with Crippen LogP contribution in [-0.2, 0) is 0 Å². The van der Waals surface area contributed by atoms with Gasteiger partial charge in [0.15, 0.2) is 0 Å². The van der Waals surface area contributed by atoms with Gasteiger partial charge in [-0.25, -0.2) is 4.79 Å². The normalized spacial score (nSPS) is 12.1. The number of aliphatic hydroxyl groups excluding tert-OH is 1. The van der Waals surface area contributed by atoms with Crippen LogP contribution in [0.1, 0.15) is 0 Å². The molecule has 0 fully saturated rings. The highest BCUT2D eigenvalue weighted by atomic mass is 16.4. The van der Waals surface area contributed by atoms with Crippen LogP contribution in [-0.4, -0.2) is 29.0 Å². The van der Waals surface area contributed by atoms with Crippen molar-refractivity contribution in [1.82, 2.24) is 5.32 Å². The van der Waals surface area contributed by atoms with Gasteiger partial charge >= 0.3 is 6.09 Å². The zero-order chi connectivity index (χ0) is 7.28. The summed E-state index contributed by atoms with van der Waals surface area (Å²) in [6, 6.07) is -0.553. The Hall–Kier alpha value is -1.03. The highest BCUT2D eigenvalue weighted by Crippen LogP contribution is 1.80. The lowest BCUT2D eigenvalue weighted by atomic mass is 10.3. The molecule has 0 aromatic rings. The van der Waals surface area contributed by atoms with Crippen molar-refractivity contribution in [3.8, 4) is 0 Å². The lowest BCUT2D eigenvalue weighted by Gasteiger charge is -2.06. The second kappa shape index (κ2) is 3.91. The van der Waals surface area contributed by atoms with Gasteiger partial charge in [0.25, 0.3) is 0 Å². The standard InChI is InChI=1S/C5H9NO3/c1-2-4(3-7)6-5(8)9/h2,4,6-7H,1,3H2,(H,8,9)/t4-/m1/s1. The molecule has 0 heterocycles. The predicted molar refractivity (Wildman–Crippen MR) is 32.2 cm³/mol. The average molecular weight is 131 g/mol. The largest absolute Gasteiger partial charge is 0.465 e. The van der Waals surface area contributed by atoms with Crippen molar-refractivity contribution in [2.24, 2.45) is 0 Å². The second-order valence-corrected chi connectivity index (χ2v) is 1.47. The smallest absolute Gasteiger partial charge is 0.405 e. The maximum Gasteiger partial charge on any atom is 0.405 e. The van der Waals surface area contributed by atoms with Crippen molar-refractivity contribution >= 4 is 6.09 Å². The molecule has 0 aliphatic rings. The Morgan fingerprint density at radius 3 is 2.56 bits per heavy atom. The Labute approximate surface area is 52.8 Å². The van der Waals surface area contributed by atoms with Crippen molar-refractivity contribution < 1.29 is 15.0 Å². The Kier molecular flexibility index (Phi) is 3.46. The zero-order valence-corrected chi connectivity index (χ0v) is 4.87. The Morgan fingerprint density at radius 1 is 1.89 bits per heavy atom. The molecule has 0 saturated heterocycles. The van der Waals surface area contributed by atoms with E-state index in [1.54, 1.807) is 0 Å². The fourth-order valence-electron chi connectivity index (χ4n) is 0.338. The lowest BCUT2D eigenvalue weighted by molar-refractivity contribution is 0.183. The molecule has 3 N–H and O–H groups in total. The number of nitrogens with one attached hydrogen (secondary N) is 1. The van der Waals surface area contributed by atoms with E-state index < -0.39 is 12.1 Å². The molecule has 0 bridgehead atoms. The first-order valence-corrected chi connectivity index (χ1v) is 2.43. The van der Waals surface area contributed by atoms with E-state index >= 15 is 0 Å². The highest BCUT2D eigenvalue weighted by molar-refractivity contribution is 5.65. The minimum Gasteiger partial charge on any atom is -0.465 e. The summed E-state index contributed by atoms with van der Waals surface area (Å²) in [6.07, 6.45) is 0.169. The first-order chi connectivity index (χ1) is 4.20. The van der Waals surface area contributed by atoms with Crippen molar-refractivity contribution in [2.75, 3.05) is 6.61 Å². The van der Waals surface area contributed by atoms with Crippen LogP contribution in [0, 0.1) is 0 Å². The van der Waals surface area contributed by atoms with Gasteiger partial charge in [0, 0.05) is 0 Å². The number of rotatable bonds is 3. The van der Waals surface area contributed by atoms with Crippen LogP contribution in [0.2, 0.25) is 0 Å². The Balaban J connectivity index is 3.55. The van der Waals surface area contributed by atoms with Crippen LogP contribution in [0.4, 0.5) is 4.79 Å².